The van der Waals surface area contributed by atoms with Crippen molar-refractivity contribution in [2.24, 2.45) is 0 Å². The van der Waals surface area contributed by atoms with Gasteiger partial charge in [0, 0.05) is 26.2 Å². The third kappa shape index (κ3) is 4.34. The van der Waals surface area contributed by atoms with Crippen LogP contribution in [0.2, 0.25) is 0 Å². The number of aromatic nitrogens is 1. The quantitative estimate of drug-likeness (QED) is 0.626. The number of carbonyl (C=O) groups is 1. The van der Waals surface area contributed by atoms with Gasteiger partial charge in [0.25, 0.3) is 5.91 Å². The first-order valence-electron chi connectivity index (χ1n) is 9.82. The lowest BCUT2D eigenvalue weighted by molar-refractivity contribution is -0.133. The fraction of sp³-hybridized carbons (Fsp3) is 0.364. The standard InChI is InChI=1S/C22H24FN3O2S/c1-15(2)16-6-8-17(9-7-16)28-14-20(27)25-10-12-26(13-11-25)22-24-21-18(23)4-3-5-19(21)29-22/h3-9,15H,10-14H2,1-2H3. The fourth-order valence-electron chi connectivity index (χ4n) is 3.37. The Kier molecular flexibility index (Phi) is 5.67. The lowest BCUT2D eigenvalue weighted by atomic mass is 10.0. The summed E-state index contributed by atoms with van der Waals surface area (Å²) < 4.78 is 20.4. The zero-order chi connectivity index (χ0) is 20.4. The average molecular weight is 414 g/mol. The van der Waals surface area contributed by atoms with E-state index in [0.717, 1.165) is 9.83 Å². The minimum absolute atomic E-state index is 0.0204. The number of thiazole rings is 1. The average Bonchev–Trinajstić information content (AvgIpc) is 3.18. The van der Waals surface area contributed by atoms with E-state index in [-0.39, 0.29) is 18.3 Å². The first-order chi connectivity index (χ1) is 14.0. The van der Waals surface area contributed by atoms with E-state index in [1.165, 1.54) is 23.0 Å². The second-order valence-corrected chi connectivity index (χ2v) is 8.47. The van der Waals surface area contributed by atoms with E-state index in [0.29, 0.717) is 43.4 Å². The summed E-state index contributed by atoms with van der Waals surface area (Å²) in [6.45, 7) is 6.88. The van der Waals surface area contributed by atoms with Crippen LogP contribution in [0.3, 0.4) is 0 Å². The second kappa shape index (κ2) is 8.37. The van der Waals surface area contributed by atoms with E-state index in [4.69, 9.17) is 4.74 Å². The van der Waals surface area contributed by atoms with Crippen molar-refractivity contribution in [3.63, 3.8) is 0 Å². The maximum absolute atomic E-state index is 13.9. The summed E-state index contributed by atoms with van der Waals surface area (Å²) in [5.74, 6) is 0.858. The summed E-state index contributed by atoms with van der Waals surface area (Å²) in [7, 11) is 0. The van der Waals surface area contributed by atoms with Crippen molar-refractivity contribution in [1.82, 2.24) is 9.88 Å². The maximum Gasteiger partial charge on any atom is 0.260 e. The van der Waals surface area contributed by atoms with Gasteiger partial charge in [-0.1, -0.05) is 43.4 Å². The number of piperazine rings is 1. The largest absolute Gasteiger partial charge is 0.484 e. The Morgan fingerprint density at radius 1 is 1.14 bits per heavy atom. The molecule has 1 fully saturated rings. The van der Waals surface area contributed by atoms with E-state index >= 15 is 0 Å². The van der Waals surface area contributed by atoms with Crippen LogP contribution >= 0.6 is 11.3 Å². The Labute approximate surface area is 173 Å². The number of amides is 1. The second-order valence-electron chi connectivity index (χ2n) is 7.46. The molecule has 0 N–H and O–H groups in total. The van der Waals surface area contributed by atoms with Crippen molar-refractivity contribution in [3.05, 3.63) is 53.8 Å². The highest BCUT2D eigenvalue weighted by atomic mass is 32.1. The smallest absolute Gasteiger partial charge is 0.260 e. The highest BCUT2D eigenvalue weighted by Crippen LogP contribution is 2.30. The van der Waals surface area contributed by atoms with Crippen LogP contribution < -0.4 is 9.64 Å². The third-order valence-electron chi connectivity index (χ3n) is 5.17. The lowest BCUT2D eigenvalue weighted by Gasteiger charge is -2.34. The minimum Gasteiger partial charge on any atom is -0.484 e. The van der Waals surface area contributed by atoms with Gasteiger partial charge in [-0.25, -0.2) is 9.37 Å². The number of halogens is 1. The van der Waals surface area contributed by atoms with Crippen LogP contribution in [0.4, 0.5) is 9.52 Å². The van der Waals surface area contributed by atoms with E-state index in [1.807, 2.05) is 35.2 Å². The maximum atomic E-state index is 13.9. The van der Waals surface area contributed by atoms with Crippen LogP contribution in [-0.4, -0.2) is 48.6 Å². The topological polar surface area (TPSA) is 45.7 Å². The zero-order valence-electron chi connectivity index (χ0n) is 16.6. The summed E-state index contributed by atoms with van der Waals surface area (Å²) in [4.78, 5) is 20.9. The molecule has 4 rings (SSSR count). The van der Waals surface area contributed by atoms with Gasteiger partial charge in [0.15, 0.2) is 11.7 Å². The Balaban J connectivity index is 1.30. The van der Waals surface area contributed by atoms with Gasteiger partial charge in [0.05, 0.1) is 4.70 Å². The zero-order valence-corrected chi connectivity index (χ0v) is 17.4. The molecule has 1 saturated heterocycles. The molecule has 7 heteroatoms. The van der Waals surface area contributed by atoms with Gasteiger partial charge in [0.2, 0.25) is 0 Å². The van der Waals surface area contributed by atoms with Gasteiger partial charge in [-0.3, -0.25) is 4.79 Å². The monoisotopic (exact) mass is 413 g/mol. The molecule has 0 aliphatic carbocycles. The Hall–Kier alpha value is -2.67. The molecule has 1 aromatic heterocycles. The van der Waals surface area contributed by atoms with Gasteiger partial charge >= 0.3 is 0 Å². The van der Waals surface area contributed by atoms with Crippen molar-refractivity contribution in [1.29, 1.82) is 0 Å². The molecule has 3 aromatic rings. The number of benzene rings is 2. The van der Waals surface area contributed by atoms with Crippen LogP contribution in [0.25, 0.3) is 10.2 Å². The van der Waals surface area contributed by atoms with Crippen molar-refractivity contribution in [2.75, 3.05) is 37.7 Å². The molecule has 5 nitrogen and oxygen atoms in total. The minimum atomic E-state index is -0.294. The molecule has 0 unspecified atom stereocenters. The molecule has 0 radical (unpaired) electrons. The number of para-hydroxylation sites is 1. The predicted octanol–water partition coefficient (Wildman–Crippen LogP) is 4.29. The van der Waals surface area contributed by atoms with Gasteiger partial charge in [-0.05, 0) is 35.7 Å². The summed E-state index contributed by atoms with van der Waals surface area (Å²) in [6, 6.07) is 12.9. The van der Waals surface area contributed by atoms with Crippen LogP contribution in [0.15, 0.2) is 42.5 Å². The molecule has 152 valence electrons. The number of fused-ring (bicyclic) bond motifs is 1. The number of ether oxygens (including phenoxy) is 1. The molecule has 29 heavy (non-hydrogen) atoms. The molecule has 1 aliphatic heterocycles. The van der Waals surface area contributed by atoms with Crippen LogP contribution in [-0.2, 0) is 4.79 Å². The number of carbonyl (C=O) groups excluding carboxylic acids is 1. The Bertz CT molecular complexity index is 995. The van der Waals surface area contributed by atoms with Crippen LogP contribution in [0.5, 0.6) is 5.75 Å². The molecule has 0 atom stereocenters. The molecule has 2 heterocycles. The number of anilines is 1. The highest BCUT2D eigenvalue weighted by molar-refractivity contribution is 7.22. The third-order valence-corrected chi connectivity index (χ3v) is 6.25. The SMILES string of the molecule is CC(C)c1ccc(OCC(=O)N2CCN(c3nc4c(F)cccc4s3)CC2)cc1. The molecule has 0 bridgehead atoms. The fourth-order valence-corrected chi connectivity index (χ4v) is 4.40. The van der Waals surface area contributed by atoms with Gasteiger partial charge in [-0.2, -0.15) is 0 Å². The molecule has 0 saturated carbocycles. The van der Waals surface area contributed by atoms with Crippen molar-refractivity contribution in [2.45, 2.75) is 19.8 Å². The normalized spacial score (nSPS) is 14.6. The lowest BCUT2D eigenvalue weighted by Crippen LogP contribution is -2.50. The number of hydrogen-bond acceptors (Lipinski definition) is 5. The van der Waals surface area contributed by atoms with Gasteiger partial charge < -0.3 is 14.5 Å². The first-order valence-corrected chi connectivity index (χ1v) is 10.6. The van der Waals surface area contributed by atoms with Gasteiger partial charge in [0.1, 0.15) is 17.1 Å². The van der Waals surface area contributed by atoms with Crippen LogP contribution in [0.1, 0.15) is 25.3 Å². The van der Waals surface area contributed by atoms with Crippen molar-refractivity contribution >= 4 is 32.6 Å². The summed E-state index contributed by atoms with van der Waals surface area (Å²) in [5.41, 5.74) is 1.66. The van der Waals surface area contributed by atoms with E-state index in [2.05, 4.69) is 23.7 Å². The molecule has 1 aliphatic rings. The van der Waals surface area contributed by atoms with Crippen molar-refractivity contribution < 1.29 is 13.9 Å². The Morgan fingerprint density at radius 3 is 2.52 bits per heavy atom. The summed E-state index contributed by atoms with van der Waals surface area (Å²) in [6.07, 6.45) is 0. The number of nitrogens with zero attached hydrogens (tertiary/aromatic N) is 3. The van der Waals surface area contributed by atoms with E-state index in [1.54, 1.807) is 6.07 Å². The Morgan fingerprint density at radius 2 is 1.86 bits per heavy atom. The molecular weight excluding hydrogens is 389 g/mol. The van der Waals surface area contributed by atoms with Gasteiger partial charge in [-0.15, -0.1) is 0 Å². The van der Waals surface area contributed by atoms with Crippen molar-refractivity contribution in [3.8, 4) is 5.75 Å². The highest BCUT2D eigenvalue weighted by Gasteiger charge is 2.23. The molecule has 1 amide bonds. The molecule has 2 aromatic carbocycles. The van der Waals surface area contributed by atoms with E-state index < -0.39 is 0 Å². The summed E-state index contributed by atoms with van der Waals surface area (Å²) in [5, 5.41) is 0.804. The number of hydrogen-bond donors (Lipinski definition) is 0. The molecular formula is C22H24FN3O2S. The van der Waals surface area contributed by atoms with Crippen LogP contribution in [0, 0.1) is 5.82 Å². The summed E-state index contributed by atoms with van der Waals surface area (Å²) >= 11 is 1.48. The molecule has 0 spiro atoms. The van der Waals surface area contributed by atoms with E-state index in [9.17, 15) is 9.18 Å². The number of rotatable bonds is 5. The first kappa shape index (κ1) is 19.6. The predicted molar refractivity (Wildman–Crippen MR) is 114 cm³/mol.